The lowest BCUT2D eigenvalue weighted by molar-refractivity contribution is -0.143. The molecule has 5 atom stereocenters. The van der Waals surface area contributed by atoms with Gasteiger partial charge in [-0.25, -0.2) is 0 Å². The molecule has 0 aliphatic carbocycles. The number of aromatic amines is 1. The van der Waals surface area contributed by atoms with Gasteiger partial charge in [-0.1, -0.05) is 60.7 Å². The molecular weight excluding hydrogens is 648 g/mol. The van der Waals surface area contributed by atoms with Crippen LogP contribution in [-0.2, 0) is 43.2 Å². The van der Waals surface area contributed by atoms with E-state index in [1.54, 1.807) is 12.1 Å². The summed E-state index contributed by atoms with van der Waals surface area (Å²) >= 11 is 0. The zero-order valence-corrected chi connectivity index (χ0v) is 28.2. The molecule has 4 aromatic rings. The predicted octanol–water partition coefficient (Wildman–Crippen LogP) is 2.35. The molecule has 3 aromatic carbocycles. The predicted molar refractivity (Wildman–Crippen MR) is 189 cm³/mol. The van der Waals surface area contributed by atoms with Crippen LogP contribution in [0.4, 0.5) is 0 Å². The molecule has 0 saturated carbocycles. The van der Waals surface area contributed by atoms with Gasteiger partial charge in [0, 0.05) is 49.5 Å². The smallest absolute Gasteiger partial charge is 0.246 e. The molecule has 12 heteroatoms. The topological polar surface area (TPSA) is 164 Å². The van der Waals surface area contributed by atoms with Crippen LogP contribution in [0.2, 0.25) is 0 Å². The minimum Gasteiger partial charge on any atom is -0.508 e. The molecule has 5 N–H and O–H groups in total. The highest BCUT2D eigenvalue weighted by molar-refractivity contribution is 5.99. The highest BCUT2D eigenvalue weighted by Crippen LogP contribution is 2.25. The van der Waals surface area contributed by atoms with Crippen molar-refractivity contribution in [3.8, 4) is 5.75 Å². The minimum atomic E-state index is -1.06. The minimum absolute atomic E-state index is 0.0722. The fourth-order valence-corrected chi connectivity index (χ4v) is 7.66. The van der Waals surface area contributed by atoms with Crippen LogP contribution >= 0.6 is 0 Å². The fraction of sp³-hybridized carbons (Fsp3) is 0.359. The summed E-state index contributed by atoms with van der Waals surface area (Å²) in [4.78, 5) is 77.4. The van der Waals surface area contributed by atoms with Crippen LogP contribution in [0, 0.1) is 0 Å². The number of benzene rings is 3. The van der Waals surface area contributed by atoms with Crippen molar-refractivity contribution in [2.24, 2.45) is 0 Å². The Balaban J connectivity index is 1.27. The van der Waals surface area contributed by atoms with Crippen molar-refractivity contribution in [2.45, 2.75) is 75.2 Å². The third-order valence-electron chi connectivity index (χ3n) is 10.3. The Morgan fingerprint density at radius 1 is 0.588 bits per heavy atom. The number of nitrogens with one attached hydrogen (secondary N) is 4. The SMILES string of the molecule is O=C1N[C@@H](Cc2ccccc2)C(=O)N2CCC[C@@H]2C(=O)N[C@@H](Cc2ccc(O)cc2)C(=O)N2CCC[C@H]2C(=O)N[C@H]1Cc1c[nH]c2ccccc12. The summed E-state index contributed by atoms with van der Waals surface area (Å²) in [5.74, 6) is -2.22. The summed E-state index contributed by atoms with van der Waals surface area (Å²) < 4.78 is 0. The van der Waals surface area contributed by atoms with E-state index in [2.05, 4.69) is 20.9 Å². The molecular formula is C39H42N6O6. The number of fused-ring (bicyclic) bond motifs is 3. The van der Waals surface area contributed by atoms with Crippen LogP contribution in [-0.4, -0.2) is 92.7 Å². The molecule has 3 fully saturated rings. The number of hydrogen-bond donors (Lipinski definition) is 5. The van der Waals surface area contributed by atoms with Gasteiger partial charge in [-0.15, -0.1) is 0 Å². The third-order valence-corrected chi connectivity index (χ3v) is 10.3. The van der Waals surface area contributed by atoms with E-state index >= 15 is 0 Å². The first-order chi connectivity index (χ1) is 24.7. The molecule has 3 saturated heterocycles. The Morgan fingerprint density at radius 2 is 1.12 bits per heavy atom. The summed E-state index contributed by atoms with van der Waals surface area (Å²) in [6, 6.07) is 18.6. The lowest BCUT2D eigenvalue weighted by Crippen LogP contribution is -2.58. The lowest BCUT2D eigenvalue weighted by Gasteiger charge is -2.31. The van der Waals surface area contributed by atoms with Gasteiger partial charge < -0.3 is 35.8 Å². The number of carbonyl (C=O) groups excluding carboxylic acids is 5. The molecule has 12 nitrogen and oxygen atoms in total. The van der Waals surface area contributed by atoms with Crippen LogP contribution < -0.4 is 16.0 Å². The second-order valence-electron chi connectivity index (χ2n) is 13.7. The van der Waals surface area contributed by atoms with Gasteiger partial charge in [-0.05, 0) is 60.6 Å². The molecule has 4 heterocycles. The van der Waals surface area contributed by atoms with Crippen LogP contribution in [0.1, 0.15) is 42.4 Å². The summed E-state index contributed by atoms with van der Waals surface area (Å²) in [7, 11) is 0. The van der Waals surface area contributed by atoms with E-state index in [9.17, 15) is 29.1 Å². The van der Waals surface area contributed by atoms with Gasteiger partial charge in [0.2, 0.25) is 29.5 Å². The van der Waals surface area contributed by atoms with Gasteiger partial charge >= 0.3 is 0 Å². The number of carbonyl (C=O) groups is 5. The van der Waals surface area contributed by atoms with Crippen molar-refractivity contribution in [3.05, 3.63) is 102 Å². The lowest BCUT2D eigenvalue weighted by atomic mass is 10.0. The van der Waals surface area contributed by atoms with E-state index in [0.717, 1.165) is 22.0 Å². The Labute approximate surface area is 295 Å². The van der Waals surface area contributed by atoms with E-state index in [0.29, 0.717) is 44.3 Å². The molecule has 3 aliphatic heterocycles. The van der Waals surface area contributed by atoms with Gasteiger partial charge in [0.25, 0.3) is 0 Å². The molecule has 7 rings (SSSR count). The first-order valence-corrected chi connectivity index (χ1v) is 17.6. The summed E-state index contributed by atoms with van der Waals surface area (Å²) in [6.07, 6.45) is 4.22. The average Bonchev–Trinajstić information content (AvgIpc) is 3.92. The maximum atomic E-state index is 14.4. The Bertz CT molecular complexity index is 1930. The second kappa shape index (κ2) is 14.7. The van der Waals surface area contributed by atoms with E-state index in [1.807, 2.05) is 60.8 Å². The number of rotatable bonds is 6. The van der Waals surface area contributed by atoms with Crippen LogP contribution in [0.3, 0.4) is 0 Å². The zero-order chi connectivity index (χ0) is 35.5. The zero-order valence-electron chi connectivity index (χ0n) is 28.2. The highest BCUT2D eigenvalue weighted by atomic mass is 16.3. The molecule has 0 spiro atoms. The quantitative estimate of drug-likeness (QED) is 0.209. The van der Waals surface area contributed by atoms with Crippen LogP contribution in [0.25, 0.3) is 10.9 Å². The maximum absolute atomic E-state index is 14.4. The first-order valence-electron chi connectivity index (χ1n) is 17.6. The fourth-order valence-electron chi connectivity index (χ4n) is 7.66. The maximum Gasteiger partial charge on any atom is 0.246 e. The largest absolute Gasteiger partial charge is 0.508 e. The molecule has 1 aromatic heterocycles. The molecule has 264 valence electrons. The molecule has 5 amide bonds. The molecule has 0 unspecified atom stereocenters. The number of H-pyrrole nitrogens is 1. The number of phenols is 1. The monoisotopic (exact) mass is 690 g/mol. The Hall–Kier alpha value is -5.65. The van der Waals surface area contributed by atoms with Gasteiger partial charge in [-0.2, -0.15) is 0 Å². The van der Waals surface area contributed by atoms with Crippen molar-refractivity contribution in [1.82, 2.24) is 30.7 Å². The van der Waals surface area contributed by atoms with Gasteiger partial charge in [-0.3, -0.25) is 24.0 Å². The van der Waals surface area contributed by atoms with Gasteiger partial charge in [0.15, 0.2) is 0 Å². The normalized spacial score (nSPS) is 24.7. The average molecular weight is 691 g/mol. The summed E-state index contributed by atoms with van der Waals surface area (Å²) in [6.45, 7) is 0.629. The Morgan fingerprint density at radius 3 is 1.75 bits per heavy atom. The van der Waals surface area contributed by atoms with Crippen molar-refractivity contribution in [3.63, 3.8) is 0 Å². The number of aromatic hydroxyl groups is 1. The number of amides is 5. The standard InChI is InChI=1S/C39H42N6O6/c46-27-16-14-25(15-17-27)21-32-39(51)44-18-6-12-33(44)36(48)41-30(22-26-23-40-29-11-5-4-10-28(26)29)35(47)42-31(20-24-8-2-1-3-9-24)38(50)45-19-7-13-34(45)37(49)43-32/h1-5,8-11,14-17,23,30-34,40,46H,6-7,12-13,18-22H2,(H,41,48)(H,42,47)(H,43,49)/t30-,31-,32-,33-,34+/m0/s1. The highest BCUT2D eigenvalue weighted by Gasteiger charge is 2.43. The second-order valence-corrected chi connectivity index (χ2v) is 13.7. The number of para-hydroxylation sites is 1. The van der Waals surface area contributed by atoms with E-state index in [4.69, 9.17) is 0 Å². The number of phenolic OH excluding ortho intramolecular Hbond substituents is 1. The van der Waals surface area contributed by atoms with Gasteiger partial charge in [0.1, 0.15) is 36.0 Å². The van der Waals surface area contributed by atoms with Crippen LogP contribution in [0.15, 0.2) is 85.1 Å². The number of hydrogen-bond acceptors (Lipinski definition) is 6. The van der Waals surface area contributed by atoms with E-state index in [-0.39, 0.29) is 25.0 Å². The first kappa shape index (κ1) is 33.8. The van der Waals surface area contributed by atoms with Crippen molar-refractivity contribution in [1.29, 1.82) is 0 Å². The molecule has 3 aliphatic rings. The van der Waals surface area contributed by atoms with E-state index in [1.165, 1.54) is 21.9 Å². The Kier molecular flexibility index (Phi) is 9.74. The number of nitrogens with zero attached hydrogens (tertiary/aromatic N) is 2. The van der Waals surface area contributed by atoms with Crippen LogP contribution in [0.5, 0.6) is 5.75 Å². The summed E-state index contributed by atoms with van der Waals surface area (Å²) in [5.41, 5.74) is 3.24. The van der Waals surface area contributed by atoms with Gasteiger partial charge in [0.05, 0.1) is 0 Å². The number of aromatic nitrogens is 1. The molecule has 51 heavy (non-hydrogen) atoms. The molecule has 0 radical (unpaired) electrons. The van der Waals surface area contributed by atoms with Crippen molar-refractivity contribution >= 4 is 40.4 Å². The third kappa shape index (κ3) is 7.30. The molecule has 0 bridgehead atoms. The van der Waals surface area contributed by atoms with Crippen molar-refractivity contribution in [2.75, 3.05) is 13.1 Å². The van der Waals surface area contributed by atoms with Crippen molar-refractivity contribution < 1.29 is 29.1 Å². The van der Waals surface area contributed by atoms with E-state index < -0.39 is 59.7 Å². The summed E-state index contributed by atoms with van der Waals surface area (Å²) in [5, 5.41) is 19.6.